The fraction of sp³-hybridized carbons (Fsp3) is 0.100. The quantitative estimate of drug-likeness (QED) is 0.721. The van der Waals surface area contributed by atoms with Gasteiger partial charge in [0, 0.05) is 18.6 Å². The van der Waals surface area contributed by atoms with Crippen molar-refractivity contribution in [1.29, 1.82) is 5.26 Å². The van der Waals surface area contributed by atoms with Gasteiger partial charge in [-0.05, 0) is 12.1 Å². The van der Waals surface area contributed by atoms with Crippen LogP contribution in [0.3, 0.4) is 0 Å². The lowest BCUT2D eigenvalue weighted by Gasteiger charge is -2.01. The maximum atomic E-state index is 11.5. The molecular formula is C10H8N4O. The minimum absolute atomic E-state index is 0.0147. The molecule has 0 saturated heterocycles. The maximum Gasteiger partial charge on any atom is 0.253 e. The van der Waals surface area contributed by atoms with E-state index in [0.29, 0.717) is 5.56 Å². The van der Waals surface area contributed by atoms with Crippen LogP contribution in [0.5, 0.6) is 0 Å². The van der Waals surface area contributed by atoms with E-state index in [0.717, 1.165) is 5.65 Å². The summed E-state index contributed by atoms with van der Waals surface area (Å²) < 4.78 is 1.75. The standard InChI is InChI=1S/C10H8N4O/c11-3-4-13-10(15)8-1-2-9-12-5-6-14(9)7-8/h1-2,5-7H,4H2,(H,13,15). The molecule has 0 saturated carbocycles. The number of fused-ring (bicyclic) bond motifs is 1. The van der Waals surface area contributed by atoms with Gasteiger partial charge in [0.05, 0.1) is 11.6 Å². The second-order valence-electron chi connectivity index (χ2n) is 2.95. The average Bonchev–Trinajstić information content (AvgIpc) is 2.72. The first kappa shape index (κ1) is 9.21. The molecular weight excluding hydrogens is 192 g/mol. The van der Waals surface area contributed by atoms with Crippen LogP contribution in [0.25, 0.3) is 5.65 Å². The summed E-state index contributed by atoms with van der Waals surface area (Å²) in [6.07, 6.45) is 5.09. The van der Waals surface area contributed by atoms with Gasteiger partial charge < -0.3 is 9.72 Å². The molecule has 0 aliphatic heterocycles. The van der Waals surface area contributed by atoms with Crippen LogP contribution in [-0.2, 0) is 0 Å². The molecule has 74 valence electrons. The molecule has 5 heteroatoms. The van der Waals surface area contributed by atoms with E-state index in [4.69, 9.17) is 5.26 Å². The van der Waals surface area contributed by atoms with Gasteiger partial charge in [-0.3, -0.25) is 4.79 Å². The van der Waals surface area contributed by atoms with E-state index < -0.39 is 0 Å². The first-order chi connectivity index (χ1) is 7.31. The van der Waals surface area contributed by atoms with Crippen molar-refractivity contribution in [2.45, 2.75) is 0 Å². The summed E-state index contributed by atoms with van der Waals surface area (Å²) in [6, 6.07) is 5.28. The number of nitrogens with zero attached hydrogens (tertiary/aromatic N) is 3. The lowest BCUT2D eigenvalue weighted by Crippen LogP contribution is -2.23. The summed E-state index contributed by atoms with van der Waals surface area (Å²) in [6.45, 7) is 0.0147. The molecule has 2 aromatic rings. The molecule has 0 spiro atoms. The Bertz CT molecular complexity index is 538. The smallest absolute Gasteiger partial charge is 0.253 e. The highest BCUT2D eigenvalue weighted by Crippen LogP contribution is 2.04. The van der Waals surface area contributed by atoms with Crippen LogP contribution >= 0.6 is 0 Å². The Balaban J connectivity index is 2.28. The molecule has 15 heavy (non-hydrogen) atoms. The molecule has 2 heterocycles. The zero-order valence-electron chi connectivity index (χ0n) is 7.84. The summed E-state index contributed by atoms with van der Waals surface area (Å²) >= 11 is 0. The number of pyridine rings is 1. The molecule has 1 amide bonds. The molecule has 0 bridgehead atoms. The zero-order valence-corrected chi connectivity index (χ0v) is 7.84. The van der Waals surface area contributed by atoms with Crippen LogP contribution < -0.4 is 5.32 Å². The highest BCUT2D eigenvalue weighted by molar-refractivity contribution is 5.94. The van der Waals surface area contributed by atoms with Crippen LogP contribution in [0.15, 0.2) is 30.7 Å². The second-order valence-corrected chi connectivity index (χ2v) is 2.95. The minimum Gasteiger partial charge on any atom is -0.339 e. The molecule has 1 N–H and O–H groups in total. The summed E-state index contributed by atoms with van der Waals surface area (Å²) in [5.41, 5.74) is 1.29. The third-order valence-electron chi connectivity index (χ3n) is 1.98. The molecule has 0 fully saturated rings. The molecule has 2 rings (SSSR count). The van der Waals surface area contributed by atoms with Gasteiger partial charge in [-0.2, -0.15) is 5.26 Å². The van der Waals surface area contributed by atoms with Crippen molar-refractivity contribution < 1.29 is 4.79 Å². The monoisotopic (exact) mass is 200 g/mol. The lowest BCUT2D eigenvalue weighted by atomic mass is 10.2. The zero-order chi connectivity index (χ0) is 10.7. The van der Waals surface area contributed by atoms with Crippen LogP contribution in [0.2, 0.25) is 0 Å². The van der Waals surface area contributed by atoms with E-state index in [1.165, 1.54) is 0 Å². The molecule has 0 unspecified atom stereocenters. The molecule has 0 atom stereocenters. The van der Waals surface area contributed by atoms with Crippen molar-refractivity contribution in [2.24, 2.45) is 0 Å². The second kappa shape index (κ2) is 3.80. The van der Waals surface area contributed by atoms with Gasteiger partial charge in [0.2, 0.25) is 0 Å². The molecule has 0 radical (unpaired) electrons. The van der Waals surface area contributed by atoms with Crippen molar-refractivity contribution in [2.75, 3.05) is 6.54 Å². The van der Waals surface area contributed by atoms with Gasteiger partial charge in [-0.15, -0.1) is 0 Å². The fourth-order valence-corrected chi connectivity index (χ4v) is 1.28. The highest BCUT2D eigenvalue weighted by Gasteiger charge is 2.05. The number of nitriles is 1. The van der Waals surface area contributed by atoms with Gasteiger partial charge >= 0.3 is 0 Å². The van der Waals surface area contributed by atoms with Gasteiger partial charge in [0.25, 0.3) is 5.91 Å². The first-order valence-corrected chi connectivity index (χ1v) is 4.39. The summed E-state index contributed by atoms with van der Waals surface area (Å²) in [5.74, 6) is -0.257. The van der Waals surface area contributed by atoms with Gasteiger partial charge in [0.1, 0.15) is 12.2 Å². The average molecular weight is 200 g/mol. The highest BCUT2D eigenvalue weighted by atomic mass is 16.1. The van der Waals surface area contributed by atoms with Crippen molar-refractivity contribution in [3.63, 3.8) is 0 Å². The SMILES string of the molecule is N#CCNC(=O)c1ccc2nccn2c1. The Morgan fingerprint density at radius 1 is 1.60 bits per heavy atom. The predicted octanol–water partition coefficient (Wildman–Crippen LogP) is 0.588. The van der Waals surface area contributed by atoms with Crippen molar-refractivity contribution >= 4 is 11.6 Å². The van der Waals surface area contributed by atoms with E-state index in [9.17, 15) is 4.79 Å². The van der Waals surface area contributed by atoms with Crippen molar-refractivity contribution in [3.8, 4) is 6.07 Å². The van der Waals surface area contributed by atoms with Gasteiger partial charge in [-0.25, -0.2) is 4.98 Å². The van der Waals surface area contributed by atoms with E-state index in [1.807, 2.05) is 6.07 Å². The third-order valence-corrected chi connectivity index (χ3v) is 1.98. The Morgan fingerprint density at radius 2 is 2.47 bits per heavy atom. The lowest BCUT2D eigenvalue weighted by molar-refractivity contribution is 0.0958. The number of carbonyl (C=O) groups is 1. The summed E-state index contributed by atoms with van der Waals surface area (Å²) in [5, 5.41) is 10.8. The molecule has 5 nitrogen and oxygen atoms in total. The summed E-state index contributed by atoms with van der Waals surface area (Å²) in [7, 11) is 0. The van der Waals surface area contributed by atoms with E-state index in [1.54, 1.807) is 35.1 Å². The fourth-order valence-electron chi connectivity index (χ4n) is 1.28. The minimum atomic E-state index is -0.257. The molecule has 0 aliphatic carbocycles. The Labute approximate surface area is 86.0 Å². The number of imidazole rings is 1. The molecule has 2 aromatic heterocycles. The number of rotatable bonds is 2. The van der Waals surface area contributed by atoms with E-state index >= 15 is 0 Å². The third kappa shape index (κ3) is 1.79. The number of aromatic nitrogens is 2. The number of amides is 1. The van der Waals surface area contributed by atoms with Gasteiger partial charge in [0.15, 0.2) is 0 Å². The Hall–Kier alpha value is -2.35. The Kier molecular flexibility index (Phi) is 2.33. The van der Waals surface area contributed by atoms with Crippen molar-refractivity contribution in [1.82, 2.24) is 14.7 Å². The number of hydrogen-bond acceptors (Lipinski definition) is 3. The first-order valence-electron chi connectivity index (χ1n) is 4.39. The Morgan fingerprint density at radius 3 is 3.27 bits per heavy atom. The molecule has 0 aliphatic rings. The largest absolute Gasteiger partial charge is 0.339 e. The normalized spacial score (nSPS) is 9.80. The molecule has 0 aromatic carbocycles. The van der Waals surface area contributed by atoms with Crippen LogP contribution in [0, 0.1) is 11.3 Å². The number of hydrogen-bond donors (Lipinski definition) is 1. The number of nitrogens with one attached hydrogen (secondary N) is 1. The predicted molar refractivity (Wildman–Crippen MR) is 53.1 cm³/mol. The van der Waals surface area contributed by atoms with Crippen LogP contribution in [0.4, 0.5) is 0 Å². The van der Waals surface area contributed by atoms with Crippen LogP contribution in [-0.4, -0.2) is 21.8 Å². The van der Waals surface area contributed by atoms with E-state index in [-0.39, 0.29) is 12.5 Å². The topological polar surface area (TPSA) is 70.2 Å². The number of carbonyl (C=O) groups excluding carboxylic acids is 1. The maximum absolute atomic E-state index is 11.5. The van der Waals surface area contributed by atoms with Crippen LogP contribution in [0.1, 0.15) is 10.4 Å². The van der Waals surface area contributed by atoms with Crippen molar-refractivity contribution in [3.05, 3.63) is 36.3 Å². The van der Waals surface area contributed by atoms with Gasteiger partial charge in [-0.1, -0.05) is 0 Å². The summed E-state index contributed by atoms with van der Waals surface area (Å²) in [4.78, 5) is 15.5. The van der Waals surface area contributed by atoms with E-state index in [2.05, 4.69) is 10.3 Å².